The van der Waals surface area contributed by atoms with Crippen LogP contribution in [0.1, 0.15) is 16.1 Å². The van der Waals surface area contributed by atoms with Crippen LogP contribution in [-0.2, 0) is 0 Å². The summed E-state index contributed by atoms with van der Waals surface area (Å²) in [6.45, 7) is 1.80. The second-order valence-electron chi connectivity index (χ2n) is 5.27. The number of ether oxygens (including phenoxy) is 1. The van der Waals surface area contributed by atoms with Crippen molar-refractivity contribution < 1.29 is 14.5 Å². The normalized spacial score (nSPS) is 10.8. The Kier molecular flexibility index (Phi) is 3.99. The summed E-state index contributed by atoms with van der Waals surface area (Å²) in [7, 11) is 1.57. The third-order valence-corrected chi connectivity index (χ3v) is 4.11. The van der Waals surface area contributed by atoms with Crippen LogP contribution in [0.25, 0.3) is 10.9 Å². The Morgan fingerprint density at radius 2 is 1.96 bits per heavy atom. The third kappa shape index (κ3) is 2.61. The molecular weight excluding hydrogens is 332 g/mol. The number of hydrogen-bond donors (Lipinski definition) is 0. The highest BCUT2D eigenvalue weighted by atomic mass is 35.5. The minimum absolute atomic E-state index is 0.00428. The van der Waals surface area contributed by atoms with Crippen LogP contribution in [0.5, 0.6) is 5.75 Å². The van der Waals surface area contributed by atoms with Gasteiger partial charge in [0, 0.05) is 22.7 Å². The molecule has 3 aromatic rings. The molecule has 0 atom stereocenters. The van der Waals surface area contributed by atoms with Crippen molar-refractivity contribution in [3.05, 3.63) is 68.9 Å². The highest BCUT2D eigenvalue weighted by molar-refractivity contribution is 6.32. The summed E-state index contributed by atoms with van der Waals surface area (Å²) in [5.74, 6) is 0.335. The van der Waals surface area contributed by atoms with E-state index in [0.717, 1.165) is 11.1 Å². The first-order chi connectivity index (χ1) is 11.4. The summed E-state index contributed by atoms with van der Waals surface area (Å²) in [4.78, 5) is 23.3. The van der Waals surface area contributed by atoms with E-state index in [1.165, 1.54) is 22.8 Å². The number of benzene rings is 2. The highest BCUT2D eigenvalue weighted by Crippen LogP contribution is 2.28. The van der Waals surface area contributed by atoms with E-state index in [1.54, 1.807) is 26.2 Å². The smallest absolute Gasteiger partial charge is 0.288 e. The number of aromatic nitrogens is 1. The minimum Gasteiger partial charge on any atom is -0.497 e. The van der Waals surface area contributed by atoms with Gasteiger partial charge in [0.1, 0.15) is 10.8 Å². The Hall–Kier alpha value is -2.86. The second kappa shape index (κ2) is 5.98. The Balaban J connectivity index is 2.14. The largest absolute Gasteiger partial charge is 0.497 e. The van der Waals surface area contributed by atoms with Crippen LogP contribution in [-0.4, -0.2) is 22.5 Å². The summed E-state index contributed by atoms with van der Waals surface area (Å²) in [6.07, 6.45) is 0. The van der Waals surface area contributed by atoms with Gasteiger partial charge in [0.2, 0.25) is 0 Å². The lowest BCUT2D eigenvalue weighted by Crippen LogP contribution is -2.13. The molecule has 0 radical (unpaired) electrons. The van der Waals surface area contributed by atoms with Crippen LogP contribution in [0.15, 0.2) is 42.5 Å². The lowest BCUT2D eigenvalue weighted by atomic mass is 10.2. The van der Waals surface area contributed by atoms with Crippen molar-refractivity contribution in [3.8, 4) is 5.75 Å². The van der Waals surface area contributed by atoms with Gasteiger partial charge in [-0.05, 0) is 43.3 Å². The molecule has 0 saturated heterocycles. The zero-order valence-electron chi connectivity index (χ0n) is 12.9. The van der Waals surface area contributed by atoms with Gasteiger partial charge >= 0.3 is 0 Å². The molecule has 24 heavy (non-hydrogen) atoms. The summed E-state index contributed by atoms with van der Waals surface area (Å²) in [5, 5.41) is 11.9. The average Bonchev–Trinajstić information content (AvgIpc) is 2.89. The van der Waals surface area contributed by atoms with Gasteiger partial charge in [0.25, 0.3) is 11.6 Å². The molecule has 0 bridgehead atoms. The number of halogens is 1. The highest BCUT2D eigenvalue weighted by Gasteiger charge is 2.20. The maximum absolute atomic E-state index is 12.8. The average molecular weight is 345 g/mol. The molecule has 1 heterocycles. The van der Waals surface area contributed by atoms with Gasteiger partial charge < -0.3 is 4.74 Å². The van der Waals surface area contributed by atoms with E-state index in [0.29, 0.717) is 11.3 Å². The molecule has 1 aromatic heterocycles. The first-order valence-electron chi connectivity index (χ1n) is 7.07. The summed E-state index contributed by atoms with van der Waals surface area (Å²) < 4.78 is 6.70. The summed E-state index contributed by atoms with van der Waals surface area (Å²) in [6, 6.07) is 11.3. The van der Waals surface area contributed by atoms with Crippen LogP contribution in [0.2, 0.25) is 5.02 Å². The van der Waals surface area contributed by atoms with Crippen molar-refractivity contribution in [2.45, 2.75) is 6.92 Å². The van der Waals surface area contributed by atoms with E-state index in [4.69, 9.17) is 16.3 Å². The van der Waals surface area contributed by atoms with Crippen LogP contribution in [0, 0.1) is 17.0 Å². The number of nitro groups is 1. The molecule has 0 unspecified atom stereocenters. The molecule has 0 saturated carbocycles. The predicted octanol–water partition coefficient (Wildman–Crippen LogP) is 4.21. The van der Waals surface area contributed by atoms with Crippen LogP contribution in [0.4, 0.5) is 5.69 Å². The zero-order valence-corrected chi connectivity index (χ0v) is 13.7. The minimum atomic E-state index is -0.607. The second-order valence-corrected chi connectivity index (χ2v) is 5.68. The first kappa shape index (κ1) is 16.0. The number of nitrogens with zero attached hydrogens (tertiary/aromatic N) is 2. The quantitative estimate of drug-likeness (QED) is 0.527. The van der Waals surface area contributed by atoms with E-state index >= 15 is 0 Å². The molecule has 0 aliphatic carbocycles. The number of methoxy groups -OCH3 is 1. The van der Waals surface area contributed by atoms with Crippen LogP contribution >= 0.6 is 11.6 Å². The van der Waals surface area contributed by atoms with E-state index in [2.05, 4.69) is 0 Å². The number of rotatable bonds is 3. The fourth-order valence-corrected chi connectivity index (χ4v) is 2.83. The van der Waals surface area contributed by atoms with Crippen molar-refractivity contribution in [2.24, 2.45) is 0 Å². The van der Waals surface area contributed by atoms with Crippen LogP contribution in [0.3, 0.4) is 0 Å². The number of aryl methyl sites for hydroxylation is 1. The lowest BCUT2D eigenvalue weighted by molar-refractivity contribution is -0.384. The number of nitro benzene ring substituents is 1. The number of carbonyl (C=O) groups is 1. The lowest BCUT2D eigenvalue weighted by Gasteiger charge is -2.08. The Labute approximate surface area is 142 Å². The molecule has 0 N–H and O–H groups in total. The molecule has 0 fully saturated rings. The molecule has 7 heteroatoms. The molecule has 6 nitrogen and oxygen atoms in total. The zero-order chi connectivity index (χ0) is 17.4. The summed E-state index contributed by atoms with van der Waals surface area (Å²) >= 11 is 5.81. The summed E-state index contributed by atoms with van der Waals surface area (Å²) in [5.41, 5.74) is 1.33. The van der Waals surface area contributed by atoms with E-state index in [-0.39, 0.29) is 22.2 Å². The number of carbonyl (C=O) groups excluding carboxylic acids is 1. The van der Waals surface area contributed by atoms with Crippen molar-refractivity contribution in [1.82, 2.24) is 4.57 Å². The van der Waals surface area contributed by atoms with Gasteiger partial charge in [0.05, 0.1) is 17.5 Å². The van der Waals surface area contributed by atoms with E-state index in [1.807, 2.05) is 12.1 Å². The maximum Gasteiger partial charge on any atom is 0.288 e. The van der Waals surface area contributed by atoms with Crippen molar-refractivity contribution in [2.75, 3.05) is 7.11 Å². The number of fused-ring (bicyclic) bond motifs is 1. The van der Waals surface area contributed by atoms with Crippen molar-refractivity contribution in [1.29, 1.82) is 0 Å². The molecule has 2 aromatic carbocycles. The molecule has 0 amide bonds. The van der Waals surface area contributed by atoms with Gasteiger partial charge in [-0.3, -0.25) is 19.5 Å². The third-order valence-electron chi connectivity index (χ3n) is 3.79. The topological polar surface area (TPSA) is 74.4 Å². The van der Waals surface area contributed by atoms with Gasteiger partial charge in [-0.25, -0.2) is 0 Å². The van der Waals surface area contributed by atoms with E-state index in [9.17, 15) is 14.9 Å². The Morgan fingerprint density at radius 1 is 1.21 bits per heavy atom. The predicted molar refractivity (Wildman–Crippen MR) is 91.1 cm³/mol. The molecule has 0 spiro atoms. The fraction of sp³-hybridized carbons (Fsp3) is 0.118. The van der Waals surface area contributed by atoms with Crippen molar-refractivity contribution in [3.63, 3.8) is 0 Å². The van der Waals surface area contributed by atoms with Gasteiger partial charge in [-0.2, -0.15) is 0 Å². The van der Waals surface area contributed by atoms with Gasteiger partial charge in [0.15, 0.2) is 0 Å². The maximum atomic E-state index is 12.8. The van der Waals surface area contributed by atoms with Crippen molar-refractivity contribution >= 4 is 34.1 Å². The Bertz CT molecular complexity index is 978. The van der Waals surface area contributed by atoms with Gasteiger partial charge in [-0.15, -0.1) is 0 Å². The molecular formula is C17H13ClN2O4. The standard InChI is InChI=1S/C17H13ClN2O4/c1-10-7-12-8-13(24-2)4-6-15(12)19(10)17(21)11-3-5-14(18)16(9-11)20(22)23/h3-9H,1-2H3. The van der Waals surface area contributed by atoms with Gasteiger partial charge in [-0.1, -0.05) is 11.6 Å². The van der Waals surface area contributed by atoms with E-state index < -0.39 is 4.92 Å². The fourth-order valence-electron chi connectivity index (χ4n) is 2.64. The molecule has 0 aliphatic rings. The first-order valence-corrected chi connectivity index (χ1v) is 7.45. The van der Waals surface area contributed by atoms with Crippen LogP contribution < -0.4 is 4.74 Å². The Morgan fingerprint density at radius 3 is 2.62 bits per heavy atom. The monoisotopic (exact) mass is 344 g/mol. The molecule has 3 rings (SSSR count). The SMILES string of the molecule is COc1ccc2c(c1)cc(C)n2C(=O)c1ccc(Cl)c([N+](=O)[O-])c1. The molecule has 0 aliphatic heterocycles. The number of hydrogen-bond acceptors (Lipinski definition) is 4. The molecule has 122 valence electrons.